The van der Waals surface area contributed by atoms with E-state index in [9.17, 15) is 9.59 Å². The molecule has 186 valence electrons. The Kier molecular flexibility index (Phi) is 6.25. The summed E-state index contributed by atoms with van der Waals surface area (Å²) in [5, 5.41) is 3.13. The monoisotopic (exact) mass is 514 g/mol. The average Bonchev–Trinajstić information content (AvgIpc) is 3.54. The molecule has 3 aliphatic heterocycles. The molecule has 4 heterocycles. The van der Waals surface area contributed by atoms with Crippen molar-refractivity contribution in [2.45, 2.75) is 43.2 Å². The number of ether oxygens (including phenoxy) is 1. The molecule has 4 aliphatic rings. The van der Waals surface area contributed by atoms with E-state index in [0.717, 1.165) is 45.0 Å². The lowest BCUT2D eigenvalue weighted by Crippen LogP contribution is -2.49. The third-order valence-corrected chi connectivity index (χ3v) is 9.47. The van der Waals surface area contributed by atoms with Crippen LogP contribution in [0.3, 0.4) is 0 Å². The number of amides is 3. The van der Waals surface area contributed by atoms with Crippen molar-refractivity contribution >= 4 is 40.6 Å². The smallest absolute Gasteiger partial charge is 0.324 e. The minimum atomic E-state index is -0.116. The van der Waals surface area contributed by atoms with E-state index >= 15 is 0 Å². The number of nitrogens with one attached hydrogen (secondary N) is 1. The number of morpholine rings is 1. The van der Waals surface area contributed by atoms with Crippen molar-refractivity contribution in [3.8, 4) is 0 Å². The van der Waals surface area contributed by atoms with Gasteiger partial charge in [-0.2, -0.15) is 0 Å². The van der Waals surface area contributed by atoms with Gasteiger partial charge in [-0.1, -0.05) is 30.2 Å². The molecule has 6 rings (SSSR count). The Bertz CT molecular complexity index is 1100. The molecule has 3 saturated heterocycles. The van der Waals surface area contributed by atoms with Gasteiger partial charge in [-0.05, 0) is 49.1 Å². The van der Waals surface area contributed by atoms with Crippen LogP contribution in [0, 0.1) is 0 Å². The minimum absolute atomic E-state index is 0.0131. The number of fused-ring (bicyclic) bond motifs is 1. The van der Waals surface area contributed by atoms with Crippen LogP contribution in [-0.2, 0) is 10.2 Å². The fraction of sp³-hybridized carbons (Fsp3) is 0.538. The summed E-state index contributed by atoms with van der Waals surface area (Å²) in [4.78, 5) is 32.8. The molecule has 1 aliphatic carbocycles. The lowest BCUT2D eigenvalue weighted by Gasteiger charge is -2.46. The van der Waals surface area contributed by atoms with Crippen molar-refractivity contribution in [1.29, 1.82) is 0 Å². The van der Waals surface area contributed by atoms with Crippen LogP contribution < -0.4 is 10.2 Å². The molecule has 1 aromatic carbocycles. The van der Waals surface area contributed by atoms with Crippen molar-refractivity contribution in [2.75, 3.05) is 50.8 Å². The maximum Gasteiger partial charge on any atom is 0.324 e. The Morgan fingerprint density at radius 2 is 1.89 bits per heavy atom. The number of nitrogens with zero attached hydrogens (tertiary/aromatic N) is 3. The fourth-order valence-electron chi connectivity index (χ4n) is 6.12. The number of hydrogen-bond acceptors (Lipinski definition) is 5. The molecule has 1 saturated carbocycles. The lowest BCUT2D eigenvalue weighted by molar-refractivity contribution is 0.0166. The van der Waals surface area contributed by atoms with E-state index < -0.39 is 0 Å². The number of rotatable bonds is 6. The predicted molar refractivity (Wildman–Crippen MR) is 138 cm³/mol. The highest BCUT2D eigenvalue weighted by Gasteiger charge is 2.47. The molecule has 0 bridgehead atoms. The Morgan fingerprint density at radius 3 is 2.54 bits per heavy atom. The van der Waals surface area contributed by atoms with E-state index in [2.05, 4.69) is 34.5 Å². The summed E-state index contributed by atoms with van der Waals surface area (Å²) < 4.78 is 6.13. The van der Waals surface area contributed by atoms with Gasteiger partial charge in [0.2, 0.25) is 0 Å². The molecular weight excluding hydrogens is 484 g/mol. The minimum Gasteiger partial charge on any atom is -0.379 e. The number of urea groups is 1. The van der Waals surface area contributed by atoms with Crippen LogP contribution >= 0.6 is 22.9 Å². The summed E-state index contributed by atoms with van der Waals surface area (Å²) in [6.07, 6.45) is 4.49. The summed E-state index contributed by atoms with van der Waals surface area (Å²) in [5.41, 5.74) is 2.54. The second-order valence-corrected chi connectivity index (χ2v) is 11.9. The highest BCUT2D eigenvalue weighted by Crippen LogP contribution is 2.45. The second-order valence-electron chi connectivity index (χ2n) is 10.2. The molecule has 1 aromatic heterocycles. The third kappa shape index (κ3) is 4.35. The Balaban J connectivity index is 1.13. The van der Waals surface area contributed by atoms with Crippen LogP contribution in [0.4, 0.5) is 10.5 Å². The number of halogens is 1. The van der Waals surface area contributed by atoms with Gasteiger partial charge in [0, 0.05) is 37.3 Å². The normalized spacial score (nSPS) is 26.0. The van der Waals surface area contributed by atoms with Crippen LogP contribution in [0.5, 0.6) is 0 Å². The summed E-state index contributed by atoms with van der Waals surface area (Å²) in [6, 6.07) is 12.1. The van der Waals surface area contributed by atoms with Gasteiger partial charge in [-0.3, -0.25) is 14.6 Å². The van der Waals surface area contributed by atoms with Gasteiger partial charge >= 0.3 is 6.03 Å². The predicted octanol–water partition coefficient (Wildman–Crippen LogP) is 3.97. The quantitative estimate of drug-likeness (QED) is 0.633. The SMILES string of the molecule is O=C(N[C@@H]1CCN2C(=O)N(c3ccc(C4(CN5CCOCC5)CCC4)cc3)C[C@H]12)c1ccc(Cl)s1. The van der Waals surface area contributed by atoms with Crippen molar-refractivity contribution in [2.24, 2.45) is 0 Å². The first kappa shape index (κ1) is 23.3. The molecule has 0 radical (unpaired) electrons. The lowest BCUT2D eigenvalue weighted by atomic mass is 9.64. The summed E-state index contributed by atoms with van der Waals surface area (Å²) in [6.45, 7) is 6.01. The molecule has 7 nitrogen and oxygen atoms in total. The van der Waals surface area contributed by atoms with Crippen LogP contribution in [0.15, 0.2) is 36.4 Å². The number of benzene rings is 1. The second kappa shape index (κ2) is 9.39. The maximum absolute atomic E-state index is 13.2. The topological polar surface area (TPSA) is 65.1 Å². The number of carbonyl (C=O) groups excluding carboxylic acids is 2. The first-order valence-electron chi connectivity index (χ1n) is 12.6. The van der Waals surface area contributed by atoms with Gasteiger partial charge in [-0.25, -0.2) is 4.79 Å². The maximum atomic E-state index is 13.2. The summed E-state index contributed by atoms with van der Waals surface area (Å²) in [5.74, 6) is -0.116. The first-order valence-corrected chi connectivity index (χ1v) is 13.8. The number of hydrogen-bond donors (Lipinski definition) is 1. The van der Waals surface area contributed by atoms with Crippen molar-refractivity contribution in [3.05, 3.63) is 51.2 Å². The molecule has 2 aromatic rings. The zero-order chi connectivity index (χ0) is 24.0. The van der Waals surface area contributed by atoms with E-state index in [1.165, 1.54) is 36.2 Å². The van der Waals surface area contributed by atoms with Gasteiger partial charge in [0.25, 0.3) is 5.91 Å². The highest BCUT2D eigenvalue weighted by molar-refractivity contribution is 7.18. The number of thiophene rings is 1. The Morgan fingerprint density at radius 1 is 1.11 bits per heavy atom. The van der Waals surface area contributed by atoms with Gasteiger partial charge in [0.1, 0.15) is 0 Å². The Hall–Kier alpha value is -2.13. The summed E-state index contributed by atoms with van der Waals surface area (Å²) in [7, 11) is 0. The van der Waals surface area contributed by atoms with E-state index in [-0.39, 0.29) is 29.4 Å². The molecule has 0 unspecified atom stereocenters. The zero-order valence-corrected chi connectivity index (χ0v) is 21.3. The largest absolute Gasteiger partial charge is 0.379 e. The van der Waals surface area contributed by atoms with Crippen molar-refractivity contribution in [3.63, 3.8) is 0 Å². The highest BCUT2D eigenvalue weighted by atomic mass is 35.5. The van der Waals surface area contributed by atoms with E-state index in [0.29, 0.717) is 22.3 Å². The summed E-state index contributed by atoms with van der Waals surface area (Å²) >= 11 is 7.26. The molecule has 4 fully saturated rings. The molecular formula is C26H31ClN4O3S. The van der Waals surface area contributed by atoms with Gasteiger partial charge in [0.15, 0.2) is 0 Å². The average molecular weight is 515 g/mol. The van der Waals surface area contributed by atoms with Crippen LogP contribution in [0.2, 0.25) is 4.34 Å². The van der Waals surface area contributed by atoms with E-state index in [1.54, 1.807) is 12.1 Å². The standard InChI is InChI=1S/C26H31ClN4O3S/c27-23-7-6-22(35-23)24(32)28-20-8-11-30-21(20)16-31(25(30)33)19-4-2-18(3-5-19)26(9-1-10-26)17-29-12-14-34-15-13-29/h2-7,20-21H,1,8-17H2,(H,28,32)/t20-,21-/m1/s1. The molecule has 0 spiro atoms. The molecule has 2 atom stereocenters. The van der Waals surface area contributed by atoms with Crippen LogP contribution in [0.1, 0.15) is 40.9 Å². The fourth-order valence-corrected chi connectivity index (χ4v) is 7.07. The van der Waals surface area contributed by atoms with Crippen LogP contribution in [-0.4, -0.2) is 79.8 Å². The molecule has 1 N–H and O–H groups in total. The van der Waals surface area contributed by atoms with Gasteiger partial charge < -0.3 is 15.0 Å². The van der Waals surface area contributed by atoms with Crippen LogP contribution in [0.25, 0.3) is 0 Å². The first-order chi connectivity index (χ1) is 17.0. The van der Waals surface area contributed by atoms with E-state index in [1.807, 2.05) is 9.80 Å². The number of carbonyl (C=O) groups is 2. The molecule has 3 amide bonds. The molecule has 9 heteroatoms. The van der Waals surface area contributed by atoms with Crippen molar-refractivity contribution < 1.29 is 14.3 Å². The Labute approximate surface area is 215 Å². The van der Waals surface area contributed by atoms with Crippen molar-refractivity contribution in [1.82, 2.24) is 15.1 Å². The van der Waals surface area contributed by atoms with Gasteiger partial charge in [0.05, 0.1) is 41.1 Å². The third-order valence-electron chi connectivity index (χ3n) is 8.24. The zero-order valence-electron chi connectivity index (χ0n) is 19.7. The number of anilines is 1. The van der Waals surface area contributed by atoms with Gasteiger partial charge in [-0.15, -0.1) is 11.3 Å². The molecule has 35 heavy (non-hydrogen) atoms. The van der Waals surface area contributed by atoms with E-state index in [4.69, 9.17) is 16.3 Å².